The van der Waals surface area contributed by atoms with Gasteiger partial charge >= 0.3 is 0 Å². The molecule has 1 aromatic carbocycles. The fraction of sp³-hybridized carbons (Fsp3) is 0.609. The highest BCUT2D eigenvalue weighted by Gasteiger charge is 2.26. The van der Waals surface area contributed by atoms with Crippen molar-refractivity contribution in [2.24, 2.45) is 0 Å². The molecule has 0 spiro atoms. The lowest BCUT2D eigenvalue weighted by Gasteiger charge is -2.35. The quantitative estimate of drug-likeness (QED) is 0.769. The second-order valence-electron chi connectivity index (χ2n) is 8.45. The molecule has 1 saturated carbocycles. The summed E-state index contributed by atoms with van der Waals surface area (Å²) >= 11 is 0. The Balaban J connectivity index is 1.48. The average Bonchev–Trinajstić information content (AvgIpc) is 3.37. The van der Waals surface area contributed by atoms with Crippen molar-refractivity contribution in [3.63, 3.8) is 0 Å². The summed E-state index contributed by atoms with van der Waals surface area (Å²) in [4.78, 5) is 33.9. The normalized spacial score (nSPS) is 18.0. The van der Waals surface area contributed by atoms with Crippen LogP contribution in [0.25, 0.3) is 11.0 Å². The Morgan fingerprint density at radius 3 is 2.45 bits per heavy atom. The summed E-state index contributed by atoms with van der Waals surface area (Å²) in [6, 6.07) is 6.40. The van der Waals surface area contributed by atoms with Crippen LogP contribution in [0.3, 0.4) is 0 Å². The second kappa shape index (κ2) is 8.56. The van der Waals surface area contributed by atoms with Gasteiger partial charge in [0.05, 0.1) is 11.0 Å². The van der Waals surface area contributed by atoms with E-state index >= 15 is 0 Å². The van der Waals surface area contributed by atoms with Gasteiger partial charge in [-0.3, -0.25) is 9.59 Å². The number of aromatic nitrogens is 2. The summed E-state index contributed by atoms with van der Waals surface area (Å²) in [5.41, 5.74) is 2.77. The van der Waals surface area contributed by atoms with Gasteiger partial charge in [-0.15, -0.1) is 0 Å². The lowest BCUT2D eigenvalue weighted by molar-refractivity contribution is -0.132. The fourth-order valence-corrected chi connectivity index (χ4v) is 4.80. The number of rotatable bonds is 5. The van der Waals surface area contributed by atoms with Crippen molar-refractivity contribution in [2.75, 3.05) is 26.2 Å². The van der Waals surface area contributed by atoms with Gasteiger partial charge < -0.3 is 14.4 Å². The molecule has 0 unspecified atom stereocenters. The van der Waals surface area contributed by atoms with Crippen LogP contribution in [0.4, 0.5) is 0 Å². The molecule has 1 aliphatic carbocycles. The number of imidazole rings is 1. The van der Waals surface area contributed by atoms with Gasteiger partial charge in [-0.05, 0) is 44.4 Å². The van der Waals surface area contributed by atoms with Gasteiger partial charge in [0.15, 0.2) is 0 Å². The first kappa shape index (κ1) is 19.9. The molecule has 2 amide bonds. The van der Waals surface area contributed by atoms with E-state index in [0.717, 1.165) is 35.3 Å². The molecule has 0 atom stereocenters. The summed E-state index contributed by atoms with van der Waals surface area (Å²) in [6.45, 7) is 6.64. The van der Waals surface area contributed by atoms with Gasteiger partial charge in [-0.25, -0.2) is 4.98 Å². The fourth-order valence-electron chi connectivity index (χ4n) is 4.80. The second-order valence-corrected chi connectivity index (χ2v) is 8.45. The molecule has 6 heteroatoms. The van der Waals surface area contributed by atoms with Gasteiger partial charge in [-0.2, -0.15) is 0 Å². The van der Waals surface area contributed by atoms with Crippen LogP contribution in [0.2, 0.25) is 0 Å². The number of piperazine rings is 1. The van der Waals surface area contributed by atoms with Crippen molar-refractivity contribution in [3.8, 4) is 0 Å². The zero-order valence-corrected chi connectivity index (χ0v) is 17.7. The van der Waals surface area contributed by atoms with E-state index in [-0.39, 0.29) is 11.8 Å². The van der Waals surface area contributed by atoms with Crippen molar-refractivity contribution < 1.29 is 9.59 Å². The highest BCUT2D eigenvalue weighted by atomic mass is 16.2. The Labute approximate surface area is 172 Å². The molecule has 0 N–H and O–H groups in total. The zero-order valence-electron chi connectivity index (χ0n) is 17.7. The Kier molecular flexibility index (Phi) is 5.88. The number of carbonyl (C=O) groups is 2. The summed E-state index contributed by atoms with van der Waals surface area (Å²) in [5, 5.41) is 0. The van der Waals surface area contributed by atoms with E-state index in [4.69, 9.17) is 4.98 Å². The Morgan fingerprint density at radius 2 is 1.76 bits per heavy atom. The zero-order chi connectivity index (χ0) is 20.4. The molecule has 0 bridgehead atoms. The van der Waals surface area contributed by atoms with Gasteiger partial charge in [-0.1, -0.05) is 26.2 Å². The van der Waals surface area contributed by atoms with Crippen molar-refractivity contribution in [1.82, 2.24) is 19.4 Å². The standard InChI is InChI=1S/C23H32N4O2/c1-3-4-9-22(28)25-12-14-26(15-13-25)23(29)18-10-11-20-21(16-18)27(17(2)24-20)19-7-5-6-8-19/h10-11,16,19H,3-9,12-15H2,1-2H3. The topological polar surface area (TPSA) is 58.4 Å². The van der Waals surface area contributed by atoms with E-state index in [1.54, 1.807) is 0 Å². The number of fused-ring (bicyclic) bond motifs is 1. The van der Waals surface area contributed by atoms with Crippen LogP contribution >= 0.6 is 0 Å². The molecule has 4 rings (SSSR count). The molecule has 1 aromatic heterocycles. The molecule has 29 heavy (non-hydrogen) atoms. The number of amides is 2. The smallest absolute Gasteiger partial charge is 0.254 e. The minimum Gasteiger partial charge on any atom is -0.339 e. The largest absolute Gasteiger partial charge is 0.339 e. The average molecular weight is 397 g/mol. The number of carbonyl (C=O) groups excluding carboxylic acids is 2. The predicted octanol–water partition coefficient (Wildman–Crippen LogP) is 3.93. The van der Waals surface area contributed by atoms with E-state index in [9.17, 15) is 9.59 Å². The molecule has 1 aliphatic heterocycles. The SMILES string of the molecule is CCCCC(=O)N1CCN(C(=O)c2ccc3nc(C)n(C4CCCC4)c3c2)CC1. The van der Waals surface area contributed by atoms with Gasteiger partial charge in [0.25, 0.3) is 5.91 Å². The van der Waals surface area contributed by atoms with Crippen LogP contribution in [-0.2, 0) is 4.79 Å². The molecular weight excluding hydrogens is 364 g/mol. The maximum Gasteiger partial charge on any atom is 0.254 e. The van der Waals surface area contributed by atoms with Crippen molar-refractivity contribution >= 4 is 22.8 Å². The van der Waals surface area contributed by atoms with E-state index in [1.807, 2.05) is 28.0 Å². The first-order valence-electron chi connectivity index (χ1n) is 11.1. The van der Waals surface area contributed by atoms with Crippen LogP contribution in [0.15, 0.2) is 18.2 Å². The molecule has 6 nitrogen and oxygen atoms in total. The minimum atomic E-state index is 0.0596. The van der Waals surface area contributed by atoms with Crippen molar-refractivity contribution in [1.29, 1.82) is 0 Å². The van der Waals surface area contributed by atoms with E-state index in [1.165, 1.54) is 25.7 Å². The van der Waals surface area contributed by atoms with E-state index in [0.29, 0.717) is 38.6 Å². The molecule has 2 aromatic rings. The lowest BCUT2D eigenvalue weighted by Crippen LogP contribution is -2.50. The Morgan fingerprint density at radius 1 is 1.07 bits per heavy atom. The third kappa shape index (κ3) is 4.02. The Hall–Kier alpha value is -2.37. The number of unbranched alkanes of at least 4 members (excludes halogenated alkanes) is 1. The van der Waals surface area contributed by atoms with Crippen LogP contribution in [0.5, 0.6) is 0 Å². The number of benzene rings is 1. The first-order chi connectivity index (χ1) is 14.1. The molecular formula is C23H32N4O2. The first-order valence-corrected chi connectivity index (χ1v) is 11.1. The number of hydrogen-bond donors (Lipinski definition) is 0. The third-order valence-electron chi connectivity index (χ3n) is 6.47. The van der Waals surface area contributed by atoms with Crippen LogP contribution in [0.1, 0.15) is 74.1 Å². The highest BCUT2D eigenvalue weighted by molar-refractivity contribution is 5.97. The predicted molar refractivity (Wildman–Crippen MR) is 114 cm³/mol. The van der Waals surface area contributed by atoms with Crippen molar-refractivity contribution in [3.05, 3.63) is 29.6 Å². The van der Waals surface area contributed by atoms with E-state index in [2.05, 4.69) is 18.4 Å². The molecule has 2 heterocycles. The Bertz CT molecular complexity index is 890. The van der Waals surface area contributed by atoms with Gasteiger partial charge in [0.2, 0.25) is 5.91 Å². The summed E-state index contributed by atoms with van der Waals surface area (Å²) < 4.78 is 2.34. The third-order valence-corrected chi connectivity index (χ3v) is 6.47. The highest BCUT2D eigenvalue weighted by Crippen LogP contribution is 2.33. The number of hydrogen-bond acceptors (Lipinski definition) is 3. The minimum absolute atomic E-state index is 0.0596. The molecule has 2 fully saturated rings. The molecule has 1 saturated heterocycles. The van der Waals surface area contributed by atoms with Crippen LogP contribution in [-0.4, -0.2) is 57.3 Å². The molecule has 2 aliphatic rings. The van der Waals surface area contributed by atoms with E-state index < -0.39 is 0 Å². The monoisotopic (exact) mass is 396 g/mol. The summed E-state index contributed by atoms with van der Waals surface area (Å²) in [7, 11) is 0. The number of nitrogens with zero attached hydrogens (tertiary/aromatic N) is 4. The molecule has 0 radical (unpaired) electrons. The summed E-state index contributed by atoms with van der Waals surface area (Å²) in [6.07, 6.45) is 7.51. The molecule has 156 valence electrons. The van der Waals surface area contributed by atoms with Gasteiger partial charge in [0, 0.05) is 44.2 Å². The maximum atomic E-state index is 13.1. The van der Waals surface area contributed by atoms with Crippen molar-refractivity contribution in [2.45, 2.75) is 64.8 Å². The van der Waals surface area contributed by atoms with Gasteiger partial charge in [0.1, 0.15) is 5.82 Å². The summed E-state index contributed by atoms with van der Waals surface area (Å²) in [5.74, 6) is 1.32. The number of aryl methyl sites for hydroxylation is 1. The lowest BCUT2D eigenvalue weighted by atomic mass is 10.1. The van der Waals surface area contributed by atoms with Crippen LogP contribution < -0.4 is 0 Å². The maximum absolute atomic E-state index is 13.1. The van der Waals surface area contributed by atoms with Crippen LogP contribution in [0, 0.1) is 6.92 Å².